The molecule has 4 aromatic carbocycles. The second-order valence-corrected chi connectivity index (χ2v) is 9.90. The van der Waals surface area contributed by atoms with Gasteiger partial charge in [0.2, 0.25) is 0 Å². The molecule has 0 aromatic heterocycles. The predicted molar refractivity (Wildman–Crippen MR) is 147 cm³/mol. The van der Waals surface area contributed by atoms with Gasteiger partial charge in [0.25, 0.3) is 11.8 Å². The number of halogens is 1. The van der Waals surface area contributed by atoms with E-state index in [1.807, 2.05) is 30.3 Å². The van der Waals surface area contributed by atoms with Crippen LogP contribution in [0.2, 0.25) is 0 Å². The Morgan fingerprint density at radius 3 is 2.33 bits per heavy atom. The molecule has 4 aromatic rings. The van der Waals surface area contributed by atoms with E-state index < -0.39 is 17.3 Å². The molecule has 7 nitrogen and oxygen atoms in total. The number of benzene rings is 4. The van der Waals surface area contributed by atoms with Crippen LogP contribution < -0.4 is 5.73 Å². The second kappa shape index (κ2) is 9.79. The van der Waals surface area contributed by atoms with Crippen molar-refractivity contribution in [3.8, 4) is 6.07 Å². The van der Waals surface area contributed by atoms with Gasteiger partial charge in [-0.25, -0.2) is 9.38 Å². The van der Waals surface area contributed by atoms with Gasteiger partial charge in [-0.1, -0.05) is 60.7 Å². The average molecular weight is 530 g/mol. The lowest BCUT2D eigenvalue weighted by molar-refractivity contribution is -0.130. The molecule has 6 rings (SSSR count). The normalized spacial score (nSPS) is 17.9. The fourth-order valence-electron chi connectivity index (χ4n) is 5.42. The number of carbonyl (C=O) groups is 2. The van der Waals surface area contributed by atoms with Crippen LogP contribution in [0, 0.1) is 17.1 Å². The van der Waals surface area contributed by atoms with Crippen LogP contribution in [-0.2, 0) is 30.0 Å². The lowest BCUT2D eigenvalue weighted by Gasteiger charge is -2.27. The standard InChI is InChI=1S/C32H24FN5O2/c33-28-13-11-26(12-14-28)32(27-10-4-5-21(16-27)17-34)30(40)38(31(35)36-32)18-22-6-3-9-23(15-22)29(39)37-19-24-7-1-2-8-25(24)20-37/h1-16H,18-20H2,(H2,35,36). The summed E-state index contributed by atoms with van der Waals surface area (Å²) in [5, 5.41) is 9.47. The van der Waals surface area contributed by atoms with Gasteiger partial charge < -0.3 is 10.6 Å². The maximum Gasteiger partial charge on any atom is 0.266 e. The molecule has 196 valence electrons. The van der Waals surface area contributed by atoms with Crippen LogP contribution in [0.5, 0.6) is 0 Å². The minimum atomic E-state index is -1.58. The molecule has 2 aliphatic rings. The smallest absolute Gasteiger partial charge is 0.266 e. The maximum absolute atomic E-state index is 14.2. The summed E-state index contributed by atoms with van der Waals surface area (Å²) in [4.78, 5) is 35.3. The van der Waals surface area contributed by atoms with Crippen LogP contribution in [0.4, 0.5) is 4.39 Å². The largest absolute Gasteiger partial charge is 0.369 e. The monoisotopic (exact) mass is 529 g/mol. The molecule has 0 fully saturated rings. The highest BCUT2D eigenvalue weighted by Crippen LogP contribution is 2.40. The summed E-state index contributed by atoms with van der Waals surface area (Å²) >= 11 is 0. The molecule has 0 aliphatic carbocycles. The fraction of sp³-hybridized carbons (Fsp3) is 0.125. The highest BCUT2D eigenvalue weighted by molar-refractivity contribution is 6.09. The Morgan fingerprint density at radius 1 is 0.925 bits per heavy atom. The lowest BCUT2D eigenvalue weighted by atomic mass is 9.82. The molecule has 1 atom stereocenters. The summed E-state index contributed by atoms with van der Waals surface area (Å²) in [6, 6.07) is 29.3. The third-order valence-electron chi connectivity index (χ3n) is 7.43. The van der Waals surface area contributed by atoms with Crippen molar-refractivity contribution in [3.05, 3.63) is 142 Å². The number of guanidine groups is 1. The number of aliphatic imine (C=N–C) groups is 1. The molecule has 2 aliphatic heterocycles. The number of rotatable bonds is 5. The van der Waals surface area contributed by atoms with E-state index in [2.05, 4.69) is 11.1 Å². The number of hydrogen-bond donors (Lipinski definition) is 1. The molecule has 2 N–H and O–H groups in total. The molecule has 0 saturated carbocycles. The summed E-state index contributed by atoms with van der Waals surface area (Å²) in [6.07, 6.45) is 0. The Balaban J connectivity index is 1.31. The summed E-state index contributed by atoms with van der Waals surface area (Å²) in [5.41, 5.74) is 9.49. The minimum absolute atomic E-state index is 0.0107. The van der Waals surface area contributed by atoms with Crippen molar-refractivity contribution in [2.24, 2.45) is 10.7 Å². The van der Waals surface area contributed by atoms with Crippen LogP contribution in [0.1, 0.15) is 43.7 Å². The van der Waals surface area contributed by atoms with E-state index in [0.29, 0.717) is 40.9 Å². The number of nitrogens with two attached hydrogens (primary N) is 1. The average Bonchev–Trinajstić information content (AvgIpc) is 3.53. The number of nitrogens with zero attached hydrogens (tertiary/aromatic N) is 4. The van der Waals surface area contributed by atoms with Gasteiger partial charge in [-0.15, -0.1) is 0 Å². The topological polar surface area (TPSA) is 103 Å². The molecule has 1 unspecified atom stereocenters. The van der Waals surface area contributed by atoms with Crippen molar-refractivity contribution < 1.29 is 14.0 Å². The Labute approximate surface area is 230 Å². The minimum Gasteiger partial charge on any atom is -0.369 e. The van der Waals surface area contributed by atoms with Gasteiger partial charge in [0.05, 0.1) is 18.2 Å². The Bertz CT molecular complexity index is 1700. The molecular weight excluding hydrogens is 505 g/mol. The van der Waals surface area contributed by atoms with Crippen molar-refractivity contribution in [3.63, 3.8) is 0 Å². The third-order valence-corrected chi connectivity index (χ3v) is 7.43. The zero-order valence-corrected chi connectivity index (χ0v) is 21.4. The third kappa shape index (κ3) is 4.18. The van der Waals surface area contributed by atoms with E-state index in [-0.39, 0.29) is 18.4 Å². The Hall–Kier alpha value is -5.29. The van der Waals surface area contributed by atoms with E-state index in [4.69, 9.17) is 5.73 Å². The van der Waals surface area contributed by atoms with Crippen LogP contribution in [0.25, 0.3) is 0 Å². The Morgan fingerprint density at radius 2 is 1.62 bits per heavy atom. The highest BCUT2D eigenvalue weighted by Gasteiger charge is 2.50. The summed E-state index contributed by atoms with van der Waals surface area (Å²) in [7, 11) is 0. The van der Waals surface area contributed by atoms with Crippen molar-refractivity contribution in [1.29, 1.82) is 5.26 Å². The van der Waals surface area contributed by atoms with Crippen LogP contribution in [-0.4, -0.2) is 27.6 Å². The first-order chi connectivity index (χ1) is 19.4. The molecule has 0 spiro atoms. The van der Waals surface area contributed by atoms with Crippen LogP contribution in [0.3, 0.4) is 0 Å². The highest BCUT2D eigenvalue weighted by atomic mass is 19.1. The molecule has 0 bridgehead atoms. The molecule has 40 heavy (non-hydrogen) atoms. The van der Waals surface area contributed by atoms with E-state index in [9.17, 15) is 19.2 Å². The van der Waals surface area contributed by atoms with Crippen LogP contribution in [0.15, 0.2) is 102 Å². The van der Waals surface area contributed by atoms with Gasteiger partial charge in [-0.2, -0.15) is 5.26 Å². The zero-order valence-electron chi connectivity index (χ0n) is 21.4. The van der Waals surface area contributed by atoms with Gasteiger partial charge in [0.15, 0.2) is 11.5 Å². The lowest BCUT2D eigenvalue weighted by Crippen LogP contribution is -2.43. The first kappa shape index (κ1) is 25.0. The molecule has 0 radical (unpaired) electrons. The first-order valence-corrected chi connectivity index (χ1v) is 12.8. The molecule has 2 amide bonds. The summed E-state index contributed by atoms with van der Waals surface area (Å²) < 4.78 is 13.8. The first-order valence-electron chi connectivity index (χ1n) is 12.8. The number of nitriles is 1. The van der Waals surface area contributed by atoms with E-state index in [1.54, 1.807) is 47.4 Å². The van der Waals surface area contributed by atoms with E-state index in [0.717, 1.165) is 11.1 Å². The molecule has 8 heteroatoms. The number of hydrogen-bond acceptors (Lipinski definition) is 5. The number of amides is 2. The van der Waals surface area contributed by atoms with Gasteiger partial charge in [0, 0.05) is 18.7 Å². The van der Waals surface area contributed by atoms with Gasteiger partial charge in [0.1, 0.15) is 5.82 Å². The number of fused-ring (bicyclic) bond motifs is 1. The maximum atomic E-state index is 14.2. The van der Waals surface area contributed by atoms with Crippen molar-refractivity contribution >= 4 is 17.8 Å². The molecule has 0 saturated heterocycles. The van der Waals surface area contributed by atoms with Crippen LogP contribution >= 0.6 is 0 Å². The summed E-state index contributed by atoms with van der Waals surface area (Å²) in [5.74, 6) is -0.991. The fourth-order valence-corrected chi connectivity index (χ4v) is 5.42. The van der Waals surface area contributed by atoms with Gasteiger partial charge >= 0.3 is 0 Å². The predicted octanol–water partition coefficient (Wildman–Crippen LogP) is 4.45. The van der Waals surface area contributed by atoms with Gasteiger partial charge in [-0.3, -0.25) is 14.5 Å². The van der Waals surface area contributed by atoms with Crippen molar-refractivity contribution in [2.75, 3.05) is 0 Å². The Kier molecular flexibility index (Phi) is 6.12. The zero-order chi connectivity index (χ0) is 27.9. The van der Waals surface area contributed by atoms with E-state index >= 15 is 0 Å². The van der Waals surface area contributed by atoms with Gasteiger partial charge in [-0.05, 0) is 64.2 Å². The second-order valence-electron chi connectivity index (χ2n) is 9.90. The van der Waals surface area contributed by atoms with Crippen molar-refractivity contribution in [2.45, 2.75) is 25.2 Å². The van der Waals surface area contributed by atoms with Crippen molar-refractivity contribution in [1.82, 2.24) is 9.80 Å². The van der Waals surface area contributed by atoms with E-state index in [1.165, 1.54) is 29.2 Å². The molecule has 2 heterocycles. The molecular formula is C32H24FN5O2. The SMILES string of the molecule is N#Cc1cccc(C2(c3ccc(F)cc3)N=C(N)N(Cc3cccc(C(=O)N4Cc5ccccc5C4)c3)C2=O)c1. The quantitative estimate of drug-likeness (QED) is 0.413. The summed E-state index contributed by atoms with van der Waals surface area (Å²) in [6.45, 7) is 1.17. The number of carbonyl (C=O) groups excluding carboxylic acids is 2.